The number of methoxy groups -OCH3 is 1. The first-order valence-electron chi connectivity index (χ1n) is 21.4. The second-order valence-corrected chi connectivity index (χ2v) is 18.9. The third kappa shape index (κ3) is 8.64. The van der Waals surface area contributed by atoms with Crippen LogP contribution in [0.15, 0.2) is 35.8 Å². The molecule has 2 amide bonds. The average Bonchev–Trinajstić information content (AvgIpc) is 3.76. The van der Waals surface area contributed by atoms with Crippen LogP contribution < -0.4 is 15.6 Å². The van der Waals surface area contributed by atoms with E-state index in [1.165, 1.54) is 16.3 Å². The third-order valence-corrected chi connectivity index (χ3v) is 13.6. The van der Waals surface area contributed by atoms with Gasteiger partial charge in [0.2, 0.25) is 5.91 Å². The summed E-state index contributed by atoms with van der Waals surface area (Å²) in [6.07, 6.45) is 5.69. The Hall–Kier alpha value is -4.37. The molecule has 1 aromatic carbocycles. The van der Waals surface area contributed by atoms with E-state index in [9.17, 15) is 14.4 Å². The van der Waals surface area contributed by atoms with E-state index in [-0.39, 0.29) is 42.8 Å². The van der Waals surface area contributed by atoms with Gasteiger partial charge in [0, 0.05) is 85.0 Å². The number of rotatable bonds is 7. The Morgan fingerprint density at radius 3 is 2.71 bits per heavy atom. The minimum Gasteiger partial charge on any atom is -0.464 e. The van der Waals surface area contributed by atoms with Gasteiger partial charge in [-0.25, -0.2) is 10.4 Å². The number of anilines is 1. The standard InChI is InChI=1S/C45H60N8O5S/c1-8-52-38-13-12-29-20-32(38)34(41(52)33-21-30(24-46-40(33)28(3)57-7)51-15-10-14-50(6)17-18-51)23-45(4,5)26-58-44(56)35-11-9-16-53(49-35)43(55)36(22-39-47-37(29)25-59-39)48-42(54)31-19-27(31)2/h12-13,20-21,24-25,27-28,31,35-36,49H,8-11,14-19,22-23,26H2,1-7H3,(H,48,54)/t27-,28-,31-,35-,36-/m0/s1. The number of carbonyl (C=O) groups excluding carboxylic acids is 3. The predicted molar refractivity (Wildman–Crippen MR) is 231 cm³/mol. The molecule has 8 rings (SSSR count). The lowest BCUT2D eigenvalue weighted by atomic mass is 9.84. The number of thiazole rings is 1. The van der Waals surface area contributed by atoms with Gasteiger partial charge in [0.25, 0.3) is 5.91 Å². The van der Waals surface area contributed by atoms with Crippen LogP contribution in [0.3, 0.4) is 0 Å². The Kier molecular flexibility index (Phi) is 11.9. The fourth-order valence-corrected chi connectivity index (χ4v) is 9.89. The second-order valence-electron chi connectivity index (χ2n) is 17.9. The van der Waals surface area contributed by atoms with Crippen molar-refractivity contribution in [2.45, 2.75) is 97.9 Å². The molecule has 14 heteroatoms. The number of carbonyl (C=O) groups is 3. The van der Waals surface area contributed by atoms with E-state index in [0.29, 0.717) is 31.7 Å². The highest BCUT2D eigenvalue weighted by Gasteiger charge is 2.42. The topological polar surface area (TPSA) is 134 Å². The lowest BCUT2D eigenvalue weighted by Crippen LogP contribution is -2.60. The second kappa shape index (κ2) is 16.9. The molecular weight excluding hydrogens is 765 g/mol. The molecule has 13 nitrogen and oxygen atoms in total. The first-order chi connectivity index (χ1) is 28.3. The van der Waals surface area contributed by atoms with Crippen molar-refractivity contribution in [3.8, 4) is 22.5 Å². The molecule has 4 aliphatic rings. The summed E-state index contributed by atoms with van der Waals surface area (Å²) in [5.41, 5.74) is 10.9. The molecule has 316 valence electrons. The smallest absolute Gasteiger partial charge is 0.324 e. The summed E-state index contributed by atoms with van der Waals surface area (Å²) in [4.78, 5) is 56.3. The van der Waals surface area contributed by atoms with E-state index in [1.54, 1.807) is 7.11 Å². The van der Waals surface area contributed by atoms with Gasteiger partial charge in [0.15, 0.2) is 0 Å². The van der Waals surface area contributed by atoms with Gasteiger partial charge >= 0.3 is 5.97 Å². The summed E-state index contributed by atoms with van der Waals surface area (Å²) in [5.74, 6) is -0.560. The van der Waals surface area contributed by atoms with E-state index in [2.05, 4.69) is 91.0 Å². The SMILES string of the molecule is CCn1c(-c2cc(N3CCCN(C)CC3)cnc2[C@H](C)OC)c2c3cc(ccc31)-c1csc(n1)C[C@H](NC(=O)[C@H]1C[C@@H]1C)C(=O)N1CCC[C@H](N1)C(=O)OCC(C)(C)C2. The van der Waals surface area contributed by atoms with E-state index in [4.69, 9.17) is 19.4 Å². The maximum atomic E-state index is 14.1. The van der Waals surface area contributed by atoms with Crippen molar-refractivity contribution in [1.82, 2.24) is 35.2 Å². The first-order valence-corrected chi connectivity index (χ1v) is 22.3. The van der Waals surface area contributed by atoms with Crippen LogP contribution in [0.2, 0.25) is 0 Å². The van der Waals surface area contributed by atoms with Gasteiger partial charge in [-0.05, 0) is 89.2 Å². The van der Waals surface area contributed by atoms with Crippen molar-refractivity contribution in [3.05, 3.63) is 52.1 Å². The molecule has 6 heterocycles. The zero-order chi connectivity index (χ0) is 41.6. The molecule has 3 aromatic heterocycles. The monoisotopic (exact) mass is 824 g/mol. The van der Waals surface area contributed by atoms with Crippen molar-refractivity contribution >= 4 is 45.7 Å². The van der Waals surface area contributed by atoms with Gasteiger partial charge in [0.1, 0.15) is 12.1 Å². The van der Waals surface area contributed by atoms with Gasteiger partial charge in [-0.2, -0.15) is 0 Å². The Morgan fingerprint density at radius 2 is 1.95 bits per heavy atom. The highest BCUT2D eigenvalue weighted by Crippen LogP contribution is 2.43. The summed E-state index contributed by atoms with van der Waals surface area (Å²) < 4.78 is 14.5. The molecular formula is C45H60N8O5S. The number of cyclic esters (lactones) is 1. The fraction of sp³-hybridized carbons (Fsp3) is 0.578. The van der Waals surface area contributed by atoms with Crippen LogP contribution in [0, 0.1) is 17.3 Å². The normalized spacial score (nSPS) is 24.7. The van der Waals surface area contributed by atoms with Crippen LogP contribution in [0.1, 0.15) is 82.7 Å². The molecule has 59 heavy (non-hydrogen) atoms. The molecule has 2 N–H and O–H groups in total. The molecule has 3 aliphatic heterocycles. The van der Waals surface area contributed by atoms with Crippen molar-refractivity contribution in [2.24, 2.45) is 17.3 Å². The molecule has 2 saturated heterocycles. The number of nitrogens with one attached hydrogen (secondary N) is 2. The van der Waals surface area contributed by atoms with Crippen LogP contribution in [0.4, 0.5) is 5.69 Å². The van der Waals surface area contributed by atoms with Gasteiger partial charge in [-0.3, -0.25) is 24.4 Å². The van der Waals surface area contributed by atoms with Crippen LogP contribution in [-0.4, -0.2) is 108 Å². The highest BCUT2D eigenvalue weighted by molar-refractivity contribution is 7.10. The minimum atomic E-state index is -0.826. The quantitative estimate of drug-likeness (QED) is 0.214. The largest absolute Gasteiger partial charge is 0.464 e. The number of amides is 2. The van der Waals surface area contributed by atoms with Crippen molar-refractivity contribution < 1.29 is 23.9 Å². The van der Waals surface area contributed by atoms with Crippen LogP contribution in [0.5, 0.6) is 0 Å². The average molecular weight is 825 g/mol. The maximum absolute atomic E-state index is 14.1. The number of aromatic nitrogens is 3. The van der Waals surface area contributed by atoms with Gasteiger partial charge in [-0.1, -0.05) is 26.8 Å². The van der Waals surface area contributed by atoms with Crippen molar-refractivity contribution in [3.63, 3.8) is 0 Å². The zero-order valence-corrected chi connectivity index (χ0v) is 36.5. The Balaban J connectivity index is 1.26. The number of likely N-dealkylation sites (N-methyl/N-ethyl adjacent to an activating group) is 1. The Morgan fingerprint density at radius 1 is 1.14 bits per heavy atom. The third-order valence-electron chi connectivity index (χ3n) is 12.8. The lowest BCUT2D eigenvalue weighted by Gasteiger charge is -2.35. The molecule has 1 aliphatic carbocycles. The number of hydrogen-bond donors (Lipinski definition) is 2. The molecule has 0 unspecified atom stereocenters. The number of hydrogen-bond acceptors (Lipinski definition) is 11. The van der Waals surface area contributed by atoms with Crippen LogP contribution >= 0.6 is 11.3 Å². The molecule has 0 spiro atoms. The van der Waals surface area contributed by atoms with Crippen LogP contribution in [-0.2, 0) is 43.2 Å². The Bertz CT molecular complexity index is 2220. The Labute approximate surface area is 351 Å². The van der Waals surface area contributed by atoms with E-state index in [0.717, 1.165) is 101 Å². The summed E-state index contributed by atoms with van der Waals surface area (Å²) in [7, 11) is 3.92. The summed E-state index contributed by atoms with van der Waals surface area (Å²) in [6.45, 7) is 15.9. The van der Waals surface area contributed by atoms with Gasteiger partial charge < -0.3 is 29.2 Å². The van der Waals surface area contributed by atoms with E-state index >= 15 is 0 Å². The number of aryl methyl sites for hydroxylation is 1. The first kappa shape index (κ1) is 41.4. The summed E-state index contributed by atoms with van der Waals surface area (Å²) in [6, 6.07) is 7.37. The number of ether oxygens (including phenoxy) is 2. The van der Waals surface area contributed by atoms with Gasteiger partial charge in [0.05, 0.1) is 46.7 Å². The van der Waals surface area contributed by atoms with E-state index in [1.807, 2.05) is 11.6 Å². The van der Waals surface area contributed by atoms with Gasteiger partial charge in [-0.15, -0.1) is 11.3 Å². The van der Waals surface area contributed by atoms with Crippen molar-refractivity contribution in [2.75, 3.05) is 58.4 Å². The number of nitrogens with zero attached hydrogens (tertiary/aromatic N) is 6. The number of hydrazine groups is 1. The fourth-order valence-electron chi connectivity index (χ4n) is 9.04. The zero-order valence-electron chi connectivity index (χ0n) is 35.7. The number of fused-ring (bicyclic) bond motifs is 6. The number of benzene rings is 1. The van der Waals surface area contributed by atoms with Crippen molar-refractivity contribution in [1.29, 1.82) is 0 Å². The summed E-state index contributed by atoms with van der Waals surface area (Å²) >= 11 is 1.49. The molecule has 4 aromatic rings. The highest BCUT2D eigenvalue weighted by atomic mass is 32.1. The minimum absolute atomic E-state index is 0.0901. The lowest BCUT2D eigenvalue weighted by molar-refractivity contribution is -0.155. The summed E-state index contributed by atoms with van der Waals surface area (Å²) in [5, 5.41) is 8.47. The number of esters is 1. The number of pyridine rings is 1. The molecule has 0 radical (unpaired) electrons. The maximum Gasteiger partial charge on any atom is 0.324 e. The molecule has 6 bridgehead atoms. The molecule has 1 saturated carbocycles. The van der Waals surface area contributed by atoms with Crippen LogP contribution in [0.25, 0.3) is 33.4 Å². The molecule has 5 atom stereocenters. The van der Waals surface area contributed by atoms with E-state index < -0.39 is 17.5 Å². The molecule has 3 fully saturated rings. The predicted octanol–water partition coefficient (Wildman–Crippen LogP) is 6.00.